The molecular formula is C14H12CuN2. The van der Waals surface area contributed by atoms with Crippen molar-refractivity contribution in [2.45, 2.75) is 0 Å². The second-order valence-corrected chi connectivity index (χ2v) is 3.34. The minimum Gasteiger partial charge on any atom is -0.697 e. The molecule has 2 aromatic carbocycles. The van der Waals surface area contributed by atoms with Crippen LogP contribution < -0.4 is 5.32 Å². The van der Waals surface area contributed by atoms with E-state index < -0.39 is 0 Å². The zero-order chi connectivity index (χ0) is 11.2. The Kier molecular flexibility index (Phi) is 5.34. The van der Waals surface area contributed by atoms with Crippen LogP contribution in [0.1, 0.15) is 5.56 Å². The molecule has 17 heavy (non-hydrogen) atoms. The van der Waals surface area contributed by atoms with Gasteiger partial charge in [-0.15, -0.1) is 17.8 Å². The summed E-state index contributed by atoms with van der Waals surface area (Å²) in [5.74, 6) is 0. The van der Waals surface area contributed by atoms with Gasteiger partial charge in [0.1, 0.15) is 0 Å². The van der Waals surface area contributed by atoms with Gasteiger partial charge in [-0.25, -0.2) is 0 Å². The Morgan fingerprint density at radius 1 is 0.941 bits per heavy atom. The van der Waals surface area contributed by atoms with Crippen molar-refractivity contribution in [1.82, 2.24) is 0 Å². The van der Waals surface area contributed by atoms with Crippen LogP contribution in [0, 0.1) is 6.08 Å². The molecule has 0 amide bonds. The van der Waals surface area contributed by atoms with E-state index in [-0.39, 0.29) is 17.1 Å². The molecule has 2 rings (SSSR count). The third-order valence-corrected chi connectivity index (χ3v) is 2.17. The van der Waals surface area contributed by atoms with Gasteiger partial charge < -0.3 is 11.1 Å². The minimum atomic E-state index is 0. The van der Waals surface area contributed by atoms with Crippen molar-refractivity contribution in [2.75, 3.05) is 5.32 Å². The van der Waals surface area contributed by atoms with E-state index in [4.69, 9.17) is 5.73 Å². The average molecular weight is 272 g/mol. The van der Waals surface area contributed by atoms with Crippen LogP contribution in [0.15, 0.2) is 60.8 Å². The zero-order valence-electron chi connectivity index (χ0n) is 9.08. The molecular weight excluding hydrogens is 260 g/mol. The quantitative estimate of drug-likeness (QED) is 0.661. The summed E-state index contributed by atoms with van der Waals surface area (Å²) < 4.78 is 0. The van der Waals surface area contributed by atoms with Gasteiger partial charge in [0.15, 0.2) is 0 Å². The Morgan fingerprint density at radius 3 is 2.29 bits per heavy atom. The van der Waals surface area contributed by atoms with E-state index in [9.17, 15) is 0 Å². The van der Waals surface area contributed by atoms with Crippen LogP contribution in [0.4, 0.5) is 11.4 Å². The first kappa shape index (κ1) is 13.4. The van der Waals surface area contributed by atoms with Crippen molar-refractivity contribution in [3.63, 3.8) is 0 Å². The standard InChI is InChI=1S/C14H12N2.Cu/c15-13-8-4-5-9-14(13)16-11-10-12-6-2-1-3-7-12;/h1-9,11,15-16H;/q-2;+2. The van der Waals surface area contributed by atoms with Gasteiger partial charge in [-0.2, -0.15) is 23.8 Å². The number of hydrogen-bond donors (Lipinski definition) is 1. The predicted octanol–water partition coefficient (Wildman–Crippen LogP) is 4.14. The van der Waals surface area contributed by atoms with Crippen molar-refractivity contribution < 1.29 is 17.1 Å². The Labute approximate surface area is 112 Å². The maximum Gasteiger partial charge on any atom is 2.00 e. The maximum absolute atomic E-state index is 7.64. The third-order valence-electron chi connectivity index (χ3n) is 2.17. The fourth-order valence-electron chi connectivity index (χ4n) is 1.34. The molecule has 0 saturated carbocycles. The van der Waals surface area contributed by atoms with Gasteiger partial charge in [0.25, 0.3) is 0 Å². The molecule has 0 aliphatic heterocycles. The van der Waals surface area contributed by atoms with Crippen molar-refractivity contribution in [3.05, 3.63) is 78.2 Å². The monoisotopic (exact) mass is 271 g/mol. The third kappa shape index (κ3) is 3.98. The Hall–Kier alpha value is -1.70. The summed E-state index contributed by atoms with van der Waals surface area (Å²) in [6.45, 7) is 0. The molecule has 89 valence electrons. The summed E-state index contributed by atoms with van der Waals surface area (Å²) in [5, 5.41) is 3.04. The number of para-hydroxylation sites is 1. The van der Waals surface area contributed by atoms with Crippen LogP contribution >= 0.6 is 0 Å². The molecule has 0 aliphatic rings. The molecule has 2 nitrogen and oxygen atoms in total. The van der Waals surface area contributed by atoms with Crippen molar-refractivity contribution in [2.24, 2.45) is 0 Å². The van der Waals surface area contributed by atoms with Gasteiger partial charge in [0, 0.05) is 5.69 Å². The number of hydrogen-bond acceptors (Lipinski definition) is 1. The molecule has 0 saturated heterocycles. The van der Waals surface area contributed by atoms with E-state index in [1.807, 2.05) is 48.5 Å². The molecule has 0 spiro atoms. The van der Waals surface area contributed by atoms with E-state index in [0.29, 0.717) is 5.69 Å². The molecule has 2 aromatic rings. The molecule has 0 unspecified atom stereocenters. The van der Waals surface area contributed by atoms with Crippen LogP contribution in [-0.4, -0.2) is 0 Å². The van der Waals surface area contributed by atoms with E-state index in [2.05, 4.69) is 11.4 Å². The van der Waals surface area contributed by atoms with E-state index in [0.717, 1.165) is 11.3 Å². The van der Waals surface area contributed by atoms with Crippen molar-refractivity contribution >= 4 is 11.4 Å². The molecule has 0 heterocycles. The van der Waals surface area contributed by atoms with E-state index in [1.165, 1.54) is 0 Å². The summed E-state index contributed by atoms with van der Waals surface area (Å²) in [6, 6.07) is 17.2. The summed E-state index contributed by atoms with van der Waals surface area (Å²) in [6.07, 6.45) is 4.83. The Balaban J connectivity index is 0.00000144. The molecule has 0 aromatic heterocycles. The summed E-state index contributed by atoms with van der Waals surface area (Å²) in [7, 11) is 0. The van der Waals surface area contributed by atoms with Gasteiger partial charge in [-0.05, 0) is 6.07 Å². The molecule has 2 N–H and O–H groups in total. The SMILES string of the molecule is [Cu+2].[NH-]c1ccccc1NC=[C-]c1ccccc1. The van der Waals surface area contributed by atoms with E-state index >= 15 is 0 Å². The number of anilines is 1. The van der Waals surface area contributed by atoms with Gasteiger partial charge in [0.05, 0.1) is 0 Å². The molecule has 3 heteroatoms. The predicted molar refractivity (Wildman–Crippen MR) is 67.4 cm³/mol. The largest absolute Gasteiger partial charge is 2.00 e. The first-order valence-corrected chi connectivity index (χ1v) is 5.07. The molecule has 1 radical (unpaired) electrons. The number of benzene rings is 2. The van der Waals surface area contributed by atoms with Crippen LogP contribution in [0.3, 0.4) is 0 Å². The maximum atomic E-state index is 7.64. The fourth-order valence-corrected chi connectivity index (χ4v) is 1.34. The second-order valence-electron chi connectivity index (χ2n) is 3.34. The van der Waals surface area contributed by atoms with Crippen molar-refractivity contribution in [3.8, 4) is 0 Å². The second kappa shape index (κ2) is 6.79. The van der Waals surface area contributed by atoms with Gasteiger partial charge in [-0.3, -0.25) is 0 Å². The van der Waals surface area contributed by atoms with Crippen LogP contribution in [0.5, 0.6) is 0 Å². The average Bonchev–Trinajstić information content (AvgIpc) is 2.33. The van der Waals surface area contributed by atoms with Crippen LogP contribution in [0.25, 0.3) is 5.73 Å². The van der Waals surface area contributed by atoms with Gasteiger partial charge in [0.2, 0.25) is 0 Å². The fraction of sp³-hybridized carbons (Fsp3) is 0. The van der Waals surface area contributed by atoms with Crippen LogP contribution in [-0.2, 0) is 17.1 Å². The molecule has 0 aliphatic carbocycles. The first-order valence-electron chi connectivity index (χ1n) is 5.07. The summed E-state index contributed by atoms with van der Waals surface area (Å²) in [4.78, 5) is 0. The first-order chi connectivity index (χ1) is 7.86. The Morgan fingerprint density at radius 2 is 1.59 bits per heavy atom. The van der Waals surface area contributed by atoms with Gasteiger partial charge in [-0.1, -0.05) is 30.5 Å². The van der Waals surface area contributed by atoms with Gasteiger partial charge >= 0.3 is 17.1 Å². The smallest absolute Gasteiger partial charge is 0.697 e. The number of rotatable bonds is 3. The Bertz CT molecular complexity index is 481. The zero-order valence-corrected chi connectivity index (χ0v) is 10.0. The van der Waals surface area contributed by atoms with Crippen LogP contribution in [0.2, 0.25) is 0 Å². The summed E-state index contributed by atoms with van der Waals surface area (Å²) >= 11 is 0. The topological polar surface area (TPSA) is 35.8 Å². The normalized spacial score (nSPS) is 9.88. The minimum absolute atomic E-state index is 0. The number of nitrogens with one attached hydrogen (secondary N) is 2. The molecule has 0 atom stereocenters. The molecule has 0 fully saturated rings. The molecule has 0 bridgehead atoms. The van der Waals surface area contributed by atoms with Crippen molar-refractivity contribution in [1.29, 1.82) is 0 Å². The summed E-state index contributed by atoms with van der Waals surface area (Å²) in [5.41, 5.74) is 9.92. The van der Waals surface area contributed by atoms with E-state index in [1.54, 1.807) is 12.3 Å².